The van der Waals surface area contributed by atoms with E-state index in [2.05, 4.69) is 0 Å². The summed E-state index contributed by atoms with van der Waals surface area (Å²) < 4.78 is 5.08. The number of aliphatic hydroxyl groups excluding tert-OH is 1. The van der Waals surface area contributed by atoms with E-state index < -0.39 is 0 Å². The Hall–Kier alpha value is -1.61. The van der Waals surface area contributed by atoms with Crippen LogP contribution in [0.4, 0.5) is 0 Å². The summed E-state index contributed by atoms with van der Waals surface area (Å²) in [6.07, 6.45) is 0. The van der Waals surface area contributed by atoms with Crippen molar-refractivity contribution in [2.24, 2.45) is 5.92 Å². The predicted molar refractivity (Wildman–Crippen MR) is 81.9 cm³/mol. The Bertz CT molecular complexity index is 516. The van der Waals surface area contributed by atoms with Crippen LogP contribution in [-0.4, -0.2) is 24.6 Å². The fourth-order valence-corrected chi connectivity index (χ4v) is 2.45. The van der Waals surface area contributed by atoms with Crippen LogP contribution in [0.3, 0.4) is 0 Å². The maximum absolute atomic E-state index is 12.2. The molecule has 3 nitrogen and oxygen atoms in total. The van der Waals surface area contributed by atoms with Crippen LogP contribution in [-0.2, 0) is 9.53 Å². The number of carbonyl (C=O) groups excluding carboxylic acids is 1. The van der Waals surface area contributed by atoms with Crippen molar-refractivity contribution in [1.29, 1.82) is 0 Å². The van der Waals surface area contributed by atoms with E-state index in [4.69, 9.17) is 4.74 Å². The van der Waals surface area contributed by atoms with E-state index in [0.717, 1.165) is 22.3 Å². The molecule has 0 fully saturated rings. The lowest BCUT2D eigenvalue weighted by molar-refractivity contribution is -0.118. The van der Waals surface area contributed by atoms with Crippen molar-refractivity contribution < 1.29 is 14.6 Å². The molecule has 3 heteroatoms. The molecule has 0 amide bonds. The molecule has 0 saturated heterocycles. The van der Waals surface area contributed by atoms with E-state index in [1.807, 2.05) is 46.8 Å². The SMILES string of the molecule is COC/C(C(=O)C(C)C)=C(/O)c1c(C)cc(C)cc1C. The number of ether oxygens (including phenoxy) is 1. The summed E-state index contributed by atoms with van der Waals surface area (Å²) in [7, 11) is 1.52. The summed E-state index contributed by atoms with van der Waals surface area (Å²) in [6.45, 7) is 9.65. The number of ketones is 1. The van der Waals surface area contributed by atoms with Gasteiger partial charge in [-0.25, -0.2) is 0 Å². The Morgan fingerprint density at radius 1 is 1.20 bits per heavy atom. The monoisotopic (exact) mass is 276 g/mol. The van der Waals surface area contributed by atoms with Crippen LogP contribution in [0.5, 0.6) is 0 Å². The summed E-state index contributed by atoms with van der Waals surface area (Å²) in [4.78, 5) is 12.2. The fourth-order valence-electron chi connectivity index (χ4n) is 2.45. The Balaban J connectivity index is 3.47. The molecule has 0 aromatic heterocycles. The summed E-state index contributed by atoms with van der Waals surface area (Å²) in [6, 6.07) is 4.01. The van der Waals surface area contributed by atoms with Crippen LogP contribution in [0.2, 0.25) is 0 Å². The molecule has 0 atom stereocenters. The number of rotatable bonds is 5. The highest BCUT2D eigenvalue weighted by molar-refractivity contribution is 6.03. The van der Waals surface area contributed by atoms with Crippen LogP contribution in [0.25, 0.3) is 5.76 Å². The Labute approximate surface area is 121 Å². The van der Waals surface area contributed by atoms with Gasteiger partial charge in [-0.1, -0.05) is 31.5 Å². The number of Topliss-reactive ketones (excluding diaryl/α,β-unsaturated/α-hetero) is 1. The molecule has 0 aliphatic rings. The summed E-state index contributed by atoms with van der Waals surface area (Å²) in [5.74, 6) is -0.211. The molecule has 0 saturated carbocycles. The van der Waals surface area contributed by atoms with Crippen LogP contribution < -0.4 is 0 Å². The van der Waals surface area contributed by atoms with Gasteiger partial charge in [0.2, 0.25) is 0 Å². The van der Waals surface area contributed by atoms with Crippen LogP contribution >= 0.6 is 0 Å². The molecule has 0 heterocycles. The zero-order chi connectivity index (χ0) is 15.4. The molecule has 0 unspecified atom stereocenters. The van der Waals surface area contributed by atoms with Crippen LogP contribution in [0.15, 0.2) is 17.7 Å². The van der Waals surface area contributed by atoms with Gasteiger partial charge in [-0.05, 0) is 31.9 Å². The Kier molecular flexibility index (Phi) is 5.52. The molecule has 110 valence electrons. The maximum atomic E-state index is 12.2. The van der Waals surface area contributed by atoms with E-state index in [9.17, 15) is 9.90 Å². The number of aliphatic hydroxyl groups is 1. The third-order valence-corrected chi connectivity index (χ3v) is 3.31. The molecule has 1 aromatic carbocycles. The zero-order valence-corrected chi connectivity index (χ0v) is 13.2. The van der Waals surface area contributed by atoms with Crippen molar-refractivity contribution >= 4 is 11.5 Å². The topological polar surface area (TPSA) is 46.5 Å². The van der Waals surface area contributed by atoms with Crippen molar-refractivity contribution in [1.82, 2.24) is 0 Å². The molecule has 0 spiro atoms. The predicted octanol–water partition coefficient (Wildman–Crippen LogP) is 3.75. The lowest BCUT2D eigenvalue weighted by atomic mass is 9.93. The number of carbonyl (C=O) groups is 1. The highest BCUT2D eigenvalue weighted by Gasteiger charge is 2.21. The van der Waals surface area contributed by atoms with Gasteiger partial charge >= 0.3 is 0 Å². The number of methoxy groups -OCH3 is 1. The van der Waals surface area contributed by atoms with E-state index in [-0.39, 0.29) is 24.1 Å². The smallest absolute Gasteiger partial charge is 0.167 e. The van der Waals surface area contributed by atoms with Crippen LogP contribution in [0, 0.1) is 26.7 Å². The van der Waals surface area contributed by atoms with E-state index in [0.29, 0.717) is 5.57 Å². The summed E-state index contributed by atoms with van der Waals surface area (Å²) >= 11 is 0. The van der Waals surface area contributed by atoms with Gasteiger partial charge in [-0.2, -0.15) is 0 Å². The number of hydrogen-bond donors (Lipinski definition) is 1. The van der Waals surface area contributed by atoms with E-state index in [1.54, 1.807) is 0 Å². The average Bonchev–Trinajstić information content (AvgIpc) is 2.33. The van der Waals surface area contributed by atoms with Gasteiger partial charge in [-0.15, -0.1) is 0 Å². The van der Waals surface area contributed by atoms with Gasteiger partial charge in [0.1, 0.15) is 5.76 Å². The van der Waals surface area contributed by atoms with Crippen molar-refractivity contribution in [3.05, 3.63) is 40.0 Å². The van der Waals surface area contributed by atoms with Gasteiger partial charge in [0.25, 0.3) is 0 Å². The highest BCUT2D eigenvalue weighted by Crippen LogP contribution is 2.26. The normalized spacial score (nSPS) is 12.6. The molecule has 1 rings (SSSR count). The second-order valence-electron chi connectivity index (χ2n) is 5.55. The zero-order valence-electron chi connectivity index (χ0n) is 13.2. The van der Waals surface area contributed by atoms with Gasteiger partial charge in [0.05, 0.1) is 12.2 Å². The summed E-state index contributed by atoms with van der Waals surface area (Å²) in [5, 5.41) is 10.6. The lowest BCUT2D eigenvalue weighted by Gasteiger charge is -2.16. The molecule has 1 aromatic rings. The maximum Gasteiger partial charge on any atom is 0.167 e. The molecule has 0 aliphatic heterocycles. The number of benzene rings is 1. The van der Waals surface area contributed by atoms with Gasteiger partial charge in [0.15, 0.2) is 5.78 Å². The largest absolute Gasteiger partial charge is 0.507 e. The lowest BCUT2D eigenvalue weighted by Crippen LogP contribution is -2.17. The molecular formula is C17H24O3. The summed E-state index contributed by atoms with van der Waals surface area (Å²) in [5.41, 5.74) is 4.14. The standard InChI is InChI=1S/C17H24O3/c1-10(2)16(18)14(9-20-6)17(19)15-12(4)7-11(3)8-13(15)5/h7-8,10,19H,9H2,1-6H3/b17-14-. The van der Waals surface area contributed by atoms with Crippen LogP contribution in [0.1, 0.15) is 36.1 Å². The minimum absolute atomic E-state index is 0.0422. The first-order valence-corrected chi connectivity index (χ1v) is 6.83. The molecule has 0 radical (unpaired) electrons. The number of hydrogen-bond acceptors (Lipinski definition) is 3. The molecule has 1 N–H and O–H groups in total. The Morgan fingerprint density at radius 2 is 1.70 bits per heavy atom. The third-order valence-electron chi connectivity index (χ3n) is 3.31. The second-order valence-corrected chi connectivity index (χ2v) is 5.55. The first-order chi connectivity index (χ1) is 9.29. The highest BCUT2D eigenvalue weighted by atomic mass is 16.5. The van der Waals surface area contributed by atoms with E-state index in [1.165, 1.54) is 7.11 Å². The first kappa shape index (κ1) is 16.4. The Morgan fingerprint density at radius 3 is 2.10 bits per heavy atom. The fraction of sp³-hybridized carbons (Fsp3) is 0.471. The van der Waals surface area contributed by atoms with Gasteiger partial charge in [-0.3, -0.25) is 4.79 Å². The van der Waals surface area contributed by atoms with Crippen molar-refractivity contribution in [3.63, 3.8) is 0 Å². The molecular weight excluding hydrogens is 252 g/mol. The van der Waals surface area contributed by atoms with E-state index >= 15 is 0 Å². The third kappa shape index (κ3) is 3.48. The number of aryl methyl sites for hydroxylation is 3. The molecule has 0 bridgehead atoms. The first-order valence-electron chi connectivity index (χ1n) is 6.83. The minimum atomic E-state index is -0.173. The molecule has 20 heavy (non-hydrogen) atoms. The molecule has 0 aliphatic carbocycles. The van der Waals surface area contributed by atoms with Crippen molar-refractivity contribution in [3.8, 4) is 0 Å². The minimum Gasteiger partial charge on any atom is -0.507 e. The average molecular weight is 276 g/mol. The quantitative estimate of drug-likeness (QED) is 0.658. The van der Waals surface area contributed by atoms with Crippen molar-refractivity contribution in [2.75, 3.05) is 13.7 Å². The second kappa shape index (κ2) is 6.71. The van der Waals surface area contributed by atoms with Gasteiger partial charge in [0, 0.05) is 18.6 Å². The van der Waals surface area contributed by atoms with Gasteiger partial charge < -0.3 is 9.84 Å². The van der Waals surface area contributed by atoms with Crippen molar-refractivity contribution in [2.45, 2.75) is 34.6 Å².